The van der Waals surface area contributed by atoms with Crippen LogP contribution in [0.25, 0.3) is 10.4 Å². The molecule has 4 aromatic carbocycles. The summed E-state index contributed by atoms with van der Waals surface area (Å²) < 4.78 is 54.3. The maximum Gasteiger partial charge on any atom is 0.329 e. The van der Waals surface area contributed by atoms with Crippen LogP contribution in [0.3, 0.4) is 0 Å². The molecule has 3 aliphatic rings. The summed E-state index contributed by atoms with van der Waals surface area (Å²) in [5.74, 6) is 0.653. The second kappa shape index (κ2) is 33.9. The number of benzene rings is 4. The first-order valence-corrected chi connectivity index (χ1v) is 33.6. The van der Waals surface area contributed by atoms with E-state index in [-0.39, 0.29) is 70.3 Å². The summed E-state index contributed by atoms with van der Waals surface area (Å²) in [5, 5.41) is 24.9. The predicted molar refractivity (Wildman–Crippen MR) is 356 cm³/mol. The Bertz CT molecular complexity index is 3510. The zero-order valence-electron chi connectivity index (χ0n) is 56.1. The standard InChI is InChI=1S/C71H92N8O15S/c1-45-65(95-44-73-45)49-25-21-47(22-26-49)39-72-67(82)56-38-53(80)41-79(56)69(84)66(71(2,3)4)74-62(81)43-92-33-32-91-31-30-77-40-52(75-76-77)42-93-58-28-24-46(34-59(58)87-6)23-27-57(50-18-15-19-54(35-50)86-5)94-70(85)55-20-13-14-29-78(55)68(83)63(48-16-11-10-12-17-48)51-36-60(88-7)64(90-9)61(37-51)89-8/h15,18-19,21-22,24-26,28,34-37,40,44,48,53,55-57,63,66,80H,10-14,16-17,20,23,27,29-33,38-39,41-43H2,1-9H3,(H,72,82)(H,74,81)/t53-,55-,56+,57+,63+,66-/m1/s1. The predicted octanol–water partition coefficient (Wildman–Crippen LogP) is 9.14. The van der Waals surface area contributed by atoms with Crippen LogP contribution in [0.2, 0.25) is 0 Å². The molecule has 9 rings (SSSR count). The number of hydrogen-bond acceptors (Lipinski definition) is 19. The van der Waals surface area contributed by atoms with E-state index < -0.39 is 59.5 Å². The van der Waals surface area contributed by atoms with E-state index in [1.54, 1.807) is 62.7 Å². The number of aliphatic hydroxyl groups is 1. The second-order valence-electron chi connectivity index (χ2n) is 25.5. The number of amides is 4. The minimum absolute atomic E-state index is 0.0399. The van der Waals surface area contributed by atoms with Gasteiger partial charge in [0.15, 0.2) is 23.0 Å². The number of aliphatic hydroxyl groups excluding tert-OH is 1. The number of β-amino-alcohol motifs (C(OH)–C–C–N with tert-alkyl or cyclic N) is 1. The molecule has 2 saturated heterocycles. The Morgan fingerprint density at radius 2 is 1.46 bits per heavy atom. The minimum Gasteiger partial charge on any atom is -0.497 e. The number of nitrogens with zero attached hydrogens (tertiary/aromatic N) is 6. The van der Waals surface area contributed by atoms with Gasteiger partial charge in [0.1, 0.15) is 48.9 Å². The van der Waals surface area contributed by atoms with E-state index in [1.807, 2.05) is 112 Å². The van der Waals surface area contributed by atoms with Crippen molar-refractivity contribution >= 4 is 40.9 Å². The van der Waals surface area contributed by atoms with Crippen molar-refractivity contribution in [1.82, 2.24) is 40.4 Å². The Morgan fingerprint density at radius 1 is 0.737 bits per heavy atom. The molecule has 23 nitrogen and oxygen atoms in total. The Hall–Kier alpha value is -8.32. The SMILES string of the molecule is COc1cccc([C@H](CCc2ccc(OCc3cn(CCOCCOCC(=O)N[C@H](C(=O)N4C[C@H](O)C[C@H]4C(=O)NCc4ccc(-c5scnc5C)cc4)C(C)(C)C)nn3)c(OC)c2)OC(=O)[C@H]2CCCCN2C(=O)[C@H](c2cc(OC)c(OC)c(OC)c2)C2CCCCC2)c1. The van der Waals surface area contributed by atoms with Crippen molar-refractivity contribution in [2.75, 3.05) is 75.1 Å². The third-order valence-corrected chi connectivity index (χ3v) is 18.9. The lowest BCUT2D eigenvalue weighted by Gasteiger charge is -2.40. The molecule has 6 atom stereocenters. The highest BCUT2D eigenvalue weighted by Crippen LogP contribution is 2.46. The molecule has 4 amide bonds. The van der Waals surface area contributed by atoms with Crippen molar-refractivity contribution in [2.24, 2.45) is 11.3 Å². The molecular formula is C71H92N8O15S. The molecule has 0 unspecified atom stereocenters. The molecular weight excluding hydrogens is 1240 g/mol. The fraction of sp³-hybridized carbons (Fsp3) is 0.521. The lowest BCUT2D eigenvalue weighted by molar-refractivity contribution is -0.163. The summed E-state index contributed by atoms with van der Waals surface area (Å²) in [5.41, 5.74) is 6.97. The van der Waals surface area contributed by atoms with E-state index in [0.29, 0.717) is 72.5 Å². The van der Waals surface area contributed by atoms with Crippen molar-refractivity contribution in [3.63, 3.8) is 0 Å². The molecule has 2 aromatic heterocycles. The summed E-state index contributed by atoms with van der Waals surface area (Å²) in [6, 6.07) is 22.1. The van der Waals surface area contributed by atoms with Crippen LogP contribution in [0.5, 0.6) is 34.5 Å². The molecule has 1 aliphatic carbocycles. The summed E-state index contributed by atoms with van der Waals surface area (Å²) in [4.78, 5) is 79.3. The molecule has 4 heterocycles. The van der Waals surface area contributed by atoms with E-state index in [2.05, 4.69) is 25.9 Å². The monoisotopic (exact) mass is 1330 g/mol. The molecule has 6 aromatic rings. The van der Waals surface area contributed by atoms with E-state index in [1.165, 1.54) is 4.90 Å². The average Bonchev–Trinajstić information content (AvgIpc) is 1.11. The lowest BCUT2D eigenvalue weighted by atomic mass is 9.75. The molecule has 24 heteroatoms. The highest BCUT2D eigenvalue weighted by Gasteiger charge is 2.45. The van der Waals surface area contributed by atoms with Gasteiger partial charge in [-0.2, -0.15) is 0 Å². The number of ether oxygens (including phenoxy) is 9. The van der Waals surface area contributed by atoms with Crippen molar-refractivity contribution in [2.45, 2.75) is 154 Å². The molecule has 3 fully saturated rings. The van der Waals surface area contributed by atoms with Gasteiger partial charge in [-0.25, -0.2) is 14.5 Å². The molecule has 0 bridgehead atoms. The number of methoxy groups -OCH3 is 5. The Morgan fingerprint density at radius 3 is 2.16 bits per heavy atom. The van der Waals surface area contributed by atoms with Gasteiger partial charge in [0.2, 0.25) is 29.4 Å². The normalized spacial score (nSPS) is 17.7. The number of aromatic nitrogens is 4. The summed E-state index contributed by atoms with van der Waals surface area (Å²) in [6.07, 6.45) is 8.15. The van der Waals surface area contributed by atoms with Gasteiger partial charge < -0.3 is 68.2 Å². The Balaban J connectivity index is 0.727. The Kier molecular flexibility index (Phi) is 25.3. The van der Waals surface area contributed by atoms with Gasteiger partial charge >= 0.3 is 5.97 Å². The van der Waals surface area contributed by atoms with Gasteiger partial charge in [-0.1, -0.05) is 87.7 Å². The van der Waals surface area contributed by atoms with Crippen molar-refractivity contribution < 1.29 is 71.7 Å². The maximum atomic E-state index is 15.2. The van der Waals surface area contributed by atoms with Crippen LogP contribution in [0.1, 0.15) is 131 Å². The average molecular weight is 1330 g/mol. The zero-order valence-corrected chi connectivity index (χ0v) is 56.9. The van der Waals surface area contributed by atoms with Crippen LogP contribution in [-0.2, 0) is 64.3 Å². The van der Waals surface area contributed by atoms with Gasteiger partial charge in [0.05, 0.1) is 96.2 Å². The number of hydrogen-bond donors (Lipinski definition) is 3. The van der Waals surface area contributed by atoms with Gasteiger partial charge in [-0.15, -0.1) is 16.4 Å². The number of nitrogens with one attached hydrogen (secondary N) is 2. The number of aryl methyl sites for hydroxylation is 2. The topological polar surface area (TPSA) is 263 Å². The molecule has 2 aliphatic heterocycles. The van der Waals surface area contributed by atoms with Crippen LogP contribution in [0.4, 0.5) is 0 Å². The molecule has 0 spiro atoms. The molecule has 95 heavy (non-hydrogen) atoms. The lowest BCUT2D eigenvalue weighted by Crippen LogP contribution is -2.58. The maximum absolute atomic E-state index is 15.2. The molecule has 3 N–H and O–H groups in total. The minimum atomic E-state index is -1.00. The quantitative estimate of drug-likeness (QED) is 0.0270. The summed E-state index contributed by atoms with van der Waals surface area (Å²) in [6.45, 7) is 8.79. The number of rotatable bonds is 31. The number of thiazole rings is 1. The van der Waals surface area contributed by atoms with Gasteiger partial charge in [0.25, 0.3) is 0 Å². The summed E-state index contributed by atoms with van der Waals surface area (Å²) >= 11 is 1.56. The first-order valence-electron chi connectivity index (χ1n) is 32.7. The van der Waals surface area contributed by atoms with Crippen LogP contribution in [0, 0.1) is 18.3 Å². The smallest absolute Gasteiger partial charge is 0.329 e. The van der Waals surface area contributed by atoms with Crippen molar-refractivity contribution in [1.29, 1.82) is 0 Å². The first kappa shape index (κ1) is 71.0. The van der Waals surface area contributed by atoms with Crippen LogP contribution >= 0.6 is 11.3 Å². The van der Waals surface area contributed by atoms with Crippen LogP contribution in [0.15, 0.2) is 90.6 Å². The molecule has 0 radical (unpaired) electrons. The number of piperidine rings is 1. The number of likely N-dealkylation sites (tertiary alicyclic amines) is 2. The van der Waals surface area contributed by atoms with Gasteiger partial charge in [-0.3, -0.25) is 19.2 Å². The van der Waals surface area contributed by atoms with Crippen LogP contribution in [-0.4, -0.2) is 164 Å². The number of carbonyl (C=O) groups is 5. The van der Waals surface area contributed by atoms with Crippen molar-refractivity contribution in [3.8, 4) is 44.9 Å². The summed E-state index contributed by atoms with van der Waals surface area (Å²) in [7, 11) is 7.86. The number of esters is 1. The second-order valence-corrected chi connectivity index (χ2v) is 26.3. The van der Waals surface area contributed by atoms with Gasteiger partial charge in [-0.05, 0) is 127 Å². The molecule has 512 valence electrons. The highest BCUT2D eigenvalue weighted by atomic mass is 32.1. The fourth-order valence-corrected chi connectivity index (χ4v) is 13.6. The van der Waals surface area contributed by atoms with E-state index in [4.69, 9.17) is 42.6 Å². The fourth-order valence-electron chi connectivity index (χ4n) is 12.8. The van der Waals surface area contributed by atoms with Gasteiger partial charge in [0, 0.05) is 26.1 Å². The van der Waals surface area contributed by atoms with E-state index >= 15 is 4.79 Å². The third-order valence-electron chi connectivity index (χ3n) is 17.9. The van der Waals surface area contributed by atoms with Crippen molar-refractivity contribution in [3.05, 3.63) is 124 Å². The number of carbonyl (C=O) groups excluding carboxylic acids is 5. The first-order chi connectivity index (χ1) is 45.9. The van der Waals surface area contributed by atoms with Crippen LogP contribution < -0.4 is 39.1 Å². The highest BCUT2D eigenvalue weighted by molar-refractivity contribution is 7.13. The third kappa shape index (κ3) is 18.6. The van der Waals surface area contributed by atoms with E-state index in [9.17, 15) is 24.3 Å². The Labute approximate surface area is 560 Å². The zero-order chi connectivity index (χ0) is 67.6. The van der Waals surface area contributed by atoms with E-state index in [0.717, 1.165) is 83.3 Å². The largest absolute Gasteiger partial charge is 0.497 e. The molecule has 1 saturated carbocycles.